The maximum Gasteiger partial charge on any atom is 0.265 e. The molecule has 0 heterocycles. The summed E-state index contributed by atoms with van der Waals surface area (Å²) in [7, 11) is -8.14. The molecule has 0 saturated heterocycles. The summed E-state index contributed by atoms with van der Waals surface area (Å²) in [5.74, 6) is -0.790. The van der Waals surface area contributed by atoms with E-state index in [-0.39, 0.29) is 36.0 Å². The lowest BCUT2D eigenvalue weighted by Gasteiger charge is -2.34. The Morgan fingerprint density at radius 2 is 1.21 bits per heavy atom. The van der Waals surface area contributed by atoms with Gasteiger partial charge in [0.25, 0.3) is 25.9 Å². The Morgan fingerprint density at radius 1 is 0.719 bits per heavy atom. The van der Waals surface area contributed by atoms with Gasteiger partial charge in [0.1, 0.15) is 0 Å². The molecule has 0 aromatic heterocycles. The van der Waals surface area contributed by atoms with Gasteiger partial charge in [-0.2, -0.15) is 16.8 Å². The predicted molar refractivity (Wildman–Crippen MR) is 223 cm³/mol. The number of anilines is 3. The van der Waals surface area contributed by atoms with Crippen LogP contribution in [0.3, 0.4) is 0 Å². The Morgan fingerprint density at radius 3 is 1.67 bits per heavy atom. The average Bonchev–Trinajstić information content (AvgIpc) is 3.44. The SMILES string of the molecule is [C-]#[N+]/C(C#N)=C(/c1ccc2c(c1)C(CCOCCCCS(=O)(=O)O)(CCOCCCCS(=O)(=O)O)c1cc(N(c3ccccc3)c3ccccc3)ccc1-2)C(C)C. The topological polar surface area (TPSA) is 159 Å². The number of hydrogen-bond donors (Lipinski definition) is 2. The molecular formula is C44H49N3O8S2. The molecule has 4 aromatic carbocycles. The monoisotopic (exact) mass is 811 g/mol. The zero-order valence-electron chi connectivity index (χ0n) is 32.3. The van der Waals surface area contributed by atoms with Crippen molar-refractivity contribution in [3.63, 3.8) is 0 Å². The molecular weight excluding hydrogens is 763 g/mol. The van der Waals surface area contributed by atoms with Crippen LogP contribution in [-0.4, -0.2) is 63.9 Å². The van der Waals surface area contributed by atoms with Gasteiger partial charge in [0.15, 0.2) is 0 Å². The van der Waals surface area contributed by atoms with Gasteiger partial charge in [0, 0.05) is 48.9 Å². The van der Waals surface area contributed by atoms with Gasteiger partial charge in [-0.1, -0.05) is 74.5 Å². The first kappa shape index (κ1) is 43.3. The maximum atomic E-state index is 11.3. The van der Waals surface area contributed by atoms with E-state index in [1.165, 1.54) is 0 Å². The quantitative estimate of drug-likeness (QED) is 0.0359. The molecule has 0 amide bonds. The van der Waals surface area contributed by atoms with Crippen molar-refractivity contribution in [2.75, 3.05) is 42.8 Å². The number of benzene rings is 4. The van der Waals surface area contributed by atoms with Crippen molar-refractivity contribution in [1.82, 2.24) is 0 Å². The van der Waals surface area contributed by atoms with Gasteiger partial charge < -0.3 is 14.4 Å². The van der Waals surface area contributed by atoms with Crippen LogP contribution in [0.25, 0.3) is 21.5 Å². The summed E-state index contributed by atoms with van der Waals surface area (Å²) in [4.78, 5) is 5.78. The maximum absolute atomic E-state index is 11.3. The second-order valence-corrected chi connectivity index (χ2v) is 17.6. The highest BCUT2D eigenvalue weighted by atomic mass is 32.2. The number of ether oxygens (including phenoxy) is 2. The van der Waals surface area contributed by atoms with Gasteiger partial charge in [-0.05, 0) is 114 Å². The number of fused-ring (bicyclic) bond motifs is 3. The van der Waals surface area contributed by atoms with E-state index in [9.17, 15) is 31.2 Å². The number of unbranched alkanes of at least 4 members (excludes halogenated alkanes) is 2. The van der Waals surface area contributed by atoms with Gasteiger partial charge in [-0.25, -0.2) is 10.1 Å². The van der Waals surface area contributed by atoms with Crippen LogP contribution >= 0.6 is 0 Å². The molecule has 13 heteroatoms. The Labute approximate surface area is 336 Å². The summed E-state index contributed by atoms with van der Waals surface area (Å²) >= 11 is 0. The van der Waals surface area contributed by atoms with E-state index in [1.54, 1.807) is 0 Å². The highest BCUT2D eigenvalue weighted by Crippen LogP contribution is 2.55. The van der Waals surface area contributed by atoms with Crippen LogP contribution in [0.2, 0.25) is 0 Å². The van der Waals surface area contributed by atoms with E-state index in [0.717, 1.165) is 44.9 Å². The third-order valence-corrected chi connectivity index (χ3v) is 11.8. The van der Waals surface area contributed by atoms with E-state index in [0.29, 0.717) is 57.7 Å². The molecule has 0 unspecified atom stereocenters. The second kappa shape index (κ2) is 19.5. The van der Waals surface area contributed by atoms with Crippen LogP contribution in [-0.2, 0) is 35.1 Å². The van der Waals surface area contributed by atoms with Crippen molar-refractivity contribution < 1.29 is 35.4 Å². The van der Waals surface area contributed by atoms with E-state index in [1.807, 2.05) is 56.3 Å². The first-order chi connectivity index (χ1) is 27.3. The molecule has 5 rings (SSSR count). The fourth-order valence-corrected chi connectivity index (χ4v) is 8.76. The smallest absolute Gasteiger partial charge is 0.265 e. The van der Waals surface area contributed by atoms with Gasteiger partial charge in [0.2, 0.25) is 0 Å². The Bertz CT molecular complexity index is 2230. The molecule has 1 aliphatic rings. The van der Waals surface area contributed by atoms with Crippen LogP contribution in [0.1, 0.15) is 69.1 Å². The molecule has 4 aromatic rings. The van der Waals surface area contributed by atoms with Crippen molar-refractivity contribution in [2.45, 2.75) is 57.8 Å². The van der Waals surface area contributed by atoms with Crippen LogP contribution in [0, 0.1) is 23.8 Å². The highest BCUT2D eigenvalue weighted by molar-refractivity contribution is 7.86. The minimum atomic E-state index is -4.07. The van der Waals surface area contributed by atoms with Crippen LogP contribution < -0.4 is 4.90 Å². The number of nitriles is 1. The molecule has 0 bridgehead atoms. The van der Waals surface area contributed by atoms with Crippen molar-refractivity contribution in [3.8, 4) is 17.2 Å². The molecule has 300 valence electrons. The lowest BCUT2D eigenvalue weighted by molar-refractivity contribution is 0.0927. The average molecular weight is 812 g/mol. The summed E-state index contributed by atoms with van der Waals surface area (Å²) in [5, 5.41) is 9.96. The Kier molecular flexibility index (Phi) is 14.8. The van der Waals surface area contributed by atoms with Gasteiger partial charge in [0.05, 0.1) is 24.1 Å². The minimum absolute atomic E-state index is 0.0381. The van der Waals surface area contributed by atoms with Gasteiger partial charge in [-0.15, -0.1) is 0 Å². The summed E-state index contributed by atoms with van der Waals surface area (Å²) in [6.07, 6.45) is 2.43. The Hall–Kier alpha value is -4.86. The largest absolute Gasteiger partial charge is 0.381 e. The molecule has 57 heavy (non-hydrogen) atoms. The first-order valence-electron chi connectivity index (χ1n) is 19.1. The summed E-state index contributed by atoms with van der Waals surface area (Å²) in [6, 6.07) is 34.9. The highest BCUT2D eigenvalue weighted by Gasteiger charge is 2.43. The fourth-order valence-electron chi connectivity index (χ4n) is 7.62. The normalized spacial score (nSPS) is 13.7. The summed E-state index contributed by atoms with van der Waals surface area (Å²) in [5.41, 5.74) is 7.77. The first-order valence-corrected chi connectivity index (χ1v) is 22.3. The molecule has 0 fully saturated rings. The Balaban J connectivity index is 1.62. The number of allylic oxidation sites excluding steroid dienone is 2. The van der Waals surface area contributed by atoms with Crippen LogP contribution in [0.4, 0.5) is 17.1 Å². The number of rotatable bonds is 21. The molecule has 0 aliphatic heterocycles. The van der Waals surface area contributed by atoms with Gasteiger partial charge in [-0.3, -0.25) is 9.11 Å². The minimum Gasteiger partial charge on any atom is -0.381 e. The van der Waals surface area contributed by atoms with E-state index >= 15 is 0 Å². The molecule has 1 aliphatic carbocycles. The molecule has 11 nitrogen and oxygen atoms in total. The third kappa shape index (κ3) is 11.2. The third-order valence-electron chi connectivity index (χ3n) is 10.2. The molecule has 0 spiro atoms. The summed E-state index contributed by atoms with van der Waals surface area (Å²) < 4.78 is 75.8. The molecule has 0 atom stereocenters. The van der Waals surface area contributed by atoms with Crippen LogP contribution in [0.15, 0.2) is 103 Å². The fraction of sp³-hybridized carbons (Fsp3) is 0.364. The number of hydrogen-bond acceptors (Lipinski definition) is 8. The van der Waals surface area contributed by atoms with Gasteiger partial charge >= 0.3 is 0 Å². The molecule has 2 N–H and O–H groups in total. The number of nitrogens with zero attached hydrogens (tertiary/aromatic N) is 3. The predicted octanol–water partition coefficient (Wildman–Crippen LogP) is 9.38. The number of para-hydroxylation sites is 2. The van der Waals surface area contributed by atoms with Crippen molar-refractivity contribution in [1.29, 1.82) is 5.26 Å². The zero-order valence-corrected chi connectivity index (χ0v) is 33.9. The standard InChI is InChI=1S/C44H49N3O8S2/c1-33(2)43(42(32-45)46-3)34-18-20-38-39-21-19-37(47(35-14-6-4-7-15-35)36-16-8-5-9-17-36)31-41(39)44(40(38)30-34,22-26-54-24-10-12-28-56(48,49)50)23-27-55-25-11-13-29-57(51,52)53/h4-9,14-21,30-31,33H,10-13,22-29H2,1-2H3,(H,48,49,50)(H,51,52,53)/b43-42+. The molecule has 0 saturated carbocycles. The zero-order chi connectivity index (χ0) is 41.1. The van der Waals surface area contributed by atoms with Crippen molar-refractivity contribution in [3.05, 3.63) is 131 Å². The lowest BCUT2D eigenvalue weighted by Crippen LogP contribution is -2.30. The van der Waals surface area contributed by atoms with E-state index < -0.39 is 25.7 Å². The molecule has 0 radical (unpaired) electrons. The lowest BCUT2D eigenvalue weighted by atomic mass is 9.72. The summed E-state index contributed by atoms with van der Waals surface area (Å²) in [6.45, 7) is 12.9. The van der Waals surface area contributed by atoms with Crippen LogP contribution in [0.5, 0.6) is 0 Å². The second-order valence-electron chi connectivity index (χ2n) is 14.4. The van der Waals surface area contributed by atoms with E-state index in [2.05, 4.69) is 70.4 Å². The van der Waals surface area contributed by atoms with Crippen molar-refractivity contribution in [2.24, 2.45) is 5.92 Å². The van der Waals surface area contributed by atoms with Crippen molar-refractivity contribution >= 4 is 42.9 Å². The van der Waals surface area contributed by atoms with E-state index in [4.69, 9.17) is 16.0 Å².